The van der Waals surface area contributed by atoms with Crippen molar-refractivity contribution in [3.63, 3.8) is 0 Å². The van der Waals surface area contributed by atoms with Crippen molar-refractivity contribution in [2.24, 2.45) is 11.0 Å². The van der Waals surface area contributed by atoms with Crippen molar-refractivity contribution >= 4 is 24.1 Å². The Morgan fingerprint density at radius 3 is 2.58 bits per heavy atom. The molecule has 1 aromatic rings. The molecule has 0 aromatic heterocycles. The van der Waals surface area contributed by atoms with E-state index >= 15 is 0 Å². The van der Waals surface area contributed by atoms with Crippen molar-refractivity contribution in [2.75, 3.05) is 14.2 Å². The number of amides is 1. The van der Waals surface area contributed by atoms with Crippen molar-refractivity contribution < 1.29 is 28.2 Å². The molecule has 1 aliphatic heterocycles. The van der Waals surface area contributed by atoms with E-state index in [0.717, 1.165) is 51.3 Å². The smallest absolute Gasteiger partial charge is 0.338 e. The highest BCUT2D eigenvalue weighted by molar-refractivity contribution is 6.04. The first kappa shape index (κ1) is 23.9. The van der Waals surface area contributed by atoms with Crippen LogP contribution in [-0.2, 0) is 23.9 Å². The second-order valence-corrected chi connectivity index (χ2v) is 7.77. The molecule has 1 fully saturated rings. The Bertz CT molecular complexity index is 1030. The summed E-state index contributed by atoms with van der Waals surface area (Å²) in [5.74, 6) is -4.56. The lowest BCUT2D eigenvalue weighted by Gasteiger charge is -2.37. The number of benzene rings is 1. The highest BCUT2D eigenvalue weighted by Gasteiger charge is 2.49. The standard InChI is InChI=1S/C23H25FN4O5/c1-32-22(30)18-19(27-16-9-4-3-5-10-16)17(12-25)21(29)28(20(18)23(31)33-2)26-13-14-7-6-8-15(24)11-14/h6-8,11,13,16-17,20,27H,3-5,9-10H2,1-2H3/b26-13+. The lowest BCUT2D eigenvalue weighted by molar-refractivity contribution is -0.155. The summed E-state index contributed by atoms with van der Waals surface area (Å²) in [6, 6.07) is 5.70. The summed E-state index contributed by atoms with van der Waals surface area (Å²) in [7, 11) is 2.25. The first-order valence-electron chi connectivity index (χ1n) is 10.6. The van der Waals surface area contributed by atoms with Crippen LogP contribution in [0.25, 0.3) is 0 Å². The first-order chi connectivity index (χ1) is 15.9. The largest absolute Gasteiger partial charge is 0.467 e. The number of rotatable bonds is 6. The van der Waals surface area contributed by atoms with E-state index in [1.807, 2.05) is 6.07 Å². The van der Waals surface area contributed by atoms with Gasteiger partial charge in [-0.1, -0.05) is 31.4 Å². The Morgan fingerprint density at radius 2 is 1.97 bits per heavy atom. The summed E-state index contributed by atoms with van der Waals surface area (Å²) in [6.07, 6.45) is 5.78. The number of hydrogen-bond donors (Lipinski definition) is 1. The molecule has 174 valence electrons. The molecule has 0 saturated heterocycles. The van der Waals surface area contributed by atoms with Gasteiger partial charge >= 0.3 is 11.9 Å². The van der Waals surface area contributed by atoms with Crippen LogP contribution in [0.15, 0.2) is 40.6 Å². The Labute approximate surface area is 190 Å². The molecule has 1 aliphatic carbocycles. The number of nitrogens with one attached hydrogen (secondary N) is 1. The van der Waals surface area contributed by atoms with Crippen LogP contribution < -0.4 is 5.32 Å². The third-order valence-electron chi connectivity index (χ3n) is 5.67. The zero-order chi connectivity index (χ0) is 24.0. The molecule has 10 heteroatoms. The third kappa shape index (κ3) is 5.19. The van der Waals surface area contributed by atoms with Gasteiger partial charge in [-0.3, -0.25) is 4.79 Å². The van der Waals surface area contributed by atoms with Gasteiger partial charge in [0.05, 0.1) is 37.8 Å². The normalized spacial score (nSPS) is 21.6. The second-order valence-electron chi connectivity index (χ2n) is 7.77. The summed E-state index contributed by atoms with van der Waals surface area (Å²) >= 11 is 0. The lowest BCUT2D eigenvalue weighted by atomic mass is 9.88. The van der Waals surface area contributed by atoms with Gasteiger partial charge in [0, 0.05) is 6.04 Å². The number of methoxy groups -OCH3 is 2. The highest BCUT2D eigenvalue weighted by Crippen LogP contribution is 2.32. The Morgan fingerprint density at radius 1 is 1.24 bits per heavy atom. The highest BCUT2D eigenvalue weighted by atomic mass is 19.1. The Kier molecular flexibility index (Phi) is 7.77. The van der Waals surface area contributed by atoms with Gasteiger partial charge in [-0.05, 0) is 30.5 Å². The van der Waals surface area contributed by atoms with Crippen molar-refractivity contribution in [3.05, 3.63) is 46.9 Å². The van der Waals surface area contributed by atoms with Gasteiger partial charge in [-0.2, -0.15) is 10.4 Å². The maximum Gasteiger partial charge on any atom is 0.338 e. The van der Waals surface area contributed by atoms with E-state index in [0.29, 0.717) is 5.56 Å². The van der Waals surface area contributed by atoms with Gasteiger partial charge in [0.2, 0.25) is 0 Å². The fourth-order valence-electron chi connectivity index (χ4n) is 4.06. The number of hydrogen-bond acceptors (Lipinski definition) is 8. The summed E-state index contributed by atoms with van der Waals surface area (Å²) < 4.78 is 23.3. The molecule has 3 rings (SSSR count). The van der Waals surface area contributed by atoms with Crippen LogP contribution in [0.4, 0.5) is 4.39 Å². The SMILES string of the molecule is COC(=O)C1=C(NC2CCCCC2)C(C#N)C(=O)N(/N=C/c2cccc(F)c2)C1C(=O)OC. The quantitative estimate of drug-likeness (QED) is 0.514. The van der Waals surface area contributed by atoms with E-state index in [1.165, 1.54) is 24.4 Å². The number of carbonyl (C=O) groups excluding carboxylic acids is 3. The maximum absolute atomic E-state index is 13.5. The number of ether oxygens (including phenoxy) is 2. The van der Waals surface area contributed by atoms with Crippen molar-refractivity contribution in [2.45, 2.75) is 44.2 Å². The van der Waals surface area contributed by atoms with E-state index in [-0.39, 0.29) is 17.3 Å². The minimum absolute atomic E-state index is 0.0360. The molecule has 1 aromatic carbocycles. The van der Waals surface area contributed by atoms with Gasteiger partial charge < -0.3 is 14.8 Å². The third-order valence-corrected chi connectivity index (χ3v) is 5.67. The molecule has 1 N–H and O–H groups in total. The molecule has 0 bridgehead atoms. The predicted octanol–water partition coefficient (Wildman–Crippen LogP) is 2.03. The van der Waals surface area contributed by atoms with Crippen LogP contribution in [0.1, 0.15) is 37.7 Å². The molecule has 2 aliphatic rings. The Balaban J connectivity index is 2.11. The fourth-order valence-corrected chi connectivity index (χ4v) is 4.06. The number of esters is 2. The van der Waals surface area contributed by atoms with Gasteiger partial charge in [0.25, 0.3) is 5.91 Å². The minimum atomic E-state index is -1.57. The van der Waals surface area contributed by atoms with E-state index in [4.69, 9.17) is 9.47 Å². The number of nitriles is 1. The topological polar surface area (TPSA) is 121 Å². The van der Waals surface area contributed by atoms with Gasteiger partial charge in [0.1, 0.15) is 5.82 Å². The second kappa shape index (κ2) is 10.7. The predicted molar refractivity (Wildman–Crippen MR) is 115 cm³/mol. The molecule has 0 radical (unpaired) electrons. The molecule has 2 atom stereocenters. The summed E-state index contributed by atoms with van der Waals surface area (Å²) in [6.45, 7) is 0. The van der Waals surface area contributed by atoms with Crippen molar-refractivity contribution in [1.82, 2.24) is 10.3 Å². The molecule has 1 saturated carbocycles. The summed E-state index contributed by atoms with van der Waals surface area (Å²) in [4.78, 5) is 38.8. The van der Waals surface area contributed by atoms with Gasteiger partial charge in [0.15, 0.2) is 12.0 Å². The summed E-state index contributed by atoms with van der Waals surface area (Å²) in [5, 5.41) is 17.7. The lowest BCUT2D eigenvalue weighted by Crippen LogP contribution is -2.55. The van der Waals surface area contributed by atoms with E-state index in [9.17, 15) is 24.0 Å². The average molecular weight is 456 g/mol. The van der Waals surface area contributed by atoms with Crippen LogP contribution in [0, 0.1) is 23.1 Å². The molecule has 1 heterocycles. The monoisotopic (exact) mass is 456 g/mol. The zero-order valence-electron chi connectivity index (χ0n) is 18.4. The van der Waals surface area contributed by atoms with Crippen LogP contribution >= 0.6 is 0 Å². The number of nitrogens with zero attached hydrogens (tertiary/aromatic N) is 3. The molecular formula is C23H25FN4O5. The molecule has 0 spiro atoms. The Hall–Kier alpha value is -3.74. The number of hydrazone groups is 1. The van der Waals surface area contributed by atoms with Crippen molar-refractivity contribution in [3.8, 4) is 6.07 Å². The average Bonchev–Trinajstić information content (AvgIpc) is 2.83. The van der Waals surface area contributed by atoms with Crippen LogP contribution in [0.5, 0.6) is 0 Å². The molecule has 33 heavy (non-hydrogen) atoms. The van der Waals surface area contributed by atoms with Crippen LogP contribution in [0.3, 0.4) is 0 Å². The van der Waals surface area contributed by atoms with Crippen LogP contribution in [-0.4, -0.2) is 55.4 Å². The minimum Gasteiger partial charge on any atom is -0.467 e. The number of carbonyl (C=O) groups is 3. The molecular weight excluding hydrogens is 431 g/mol. The van der Waals surface area contributed by atoms with E-state index in [1.54, 1.807) is 6.07 Å². The fraction of sp³-hybridized carbons (Fsp3) is 0.435. The van der Waals surface area contributed by atoms with Gasteiger partial charge in [-0.25, -0.2) is 19.0 Å². The van der Waals surface area contributed by atoms with Crippen LogP contribution in [0.2, 0.25) is 0 Å². The van der Waals surface area contributed by atoms with E-state index in [2.05, 4.69) is 10.4 Å². The summed E-state index contributed by atoms with van der Waals surface area (Å²) in [5.41, 5.74) is 0.140. The van der Waals surface area contributed by atoms with Gasteiger partial charge in [-0.15, -0.1) is 0 Å². The molecule has 1 amide bonds. The maximum atomic E-state index is 13.5. The molecule has 9 nitrogen and oxygen atoms in total. The molecule has 2 unspecified atom stereocenters. The first-order valence-corrected chi connectivity index (χ1v) is 10.6. The van der Waals surface area contributed by atoms with Crippen molar-refractivity contribution in [1.29, 1.82) is 5.26 Å². The zero-order valence-corrected chi connectivity index (χ0v) is 18.4. The number of halogens is 1. The van der Waals surface area contributed by atoms with E-state index < -0.39 is 35.6 Å².